The number of unbranched alkanes of at least 4 members (excludes halogenated alkanes) is 6. The van der Waals surface area contributed by atoms with Gasteiger partial charge in [0.25, 0.3) is 0 Å². The first-order valence-electron chi connectivity index (χ1n) is 8.84. The Labute approximate surface area is 133 Å². The standard InChI is InChI=1S/C16H37NO3Si/c1-5-9-10-11-12-13-14-15-16(17)21(18-6-2,19-7-3)20-8-4/h16H,5-15,17H2,1-4H3. The summed E-state index contributed by atoms with van der Waals surface area (Å²) in [6, 6.07) is 0. The van der Waals surface area contributed by atoms with Gasteiger partial charge in [-0.2, -0.15) is 0 Å². The maximum Gasteiger partial charge on any atom is 0.518 e. The van der Waals surface area contributed by atoms with E-state index in [1.807, 2.05) is 20.8 Å². The van der Waals surface area contributed by atoms with Crippen molar-refractivity contribution in [3.05, 3.63) is 0 Å². The molecule has 0 saturated heterocycles. The average Bonchev–Trinajstić information content (AvgIpc) is 2.46. The van der Waals surface area contributed by atoms with Gasteiger partial charge in [0.05, 0.1) is 5.67 Å². The summed E-state index contributed by atoms with van der Waals surface area (Å²) >= 11 is 0. The van der Waals surface area contributed by atoms with Crippen LogP contribution in [0.15, 0.2) is 0 Å². The maximum atomic E-state index is 6.36. The second kappa shape index (κ2) is 13.7. The van der Waals surface area contributed by atoms with Crippen LogP contribution in [0, 0.1) is 0 Å². The Morgan fingerprint density at radius 1 is 0.714 bits per heavy atom. The first-order chi connectivity index (χ1) is 10.2. The van der Waals surface area contributed by atoms with Crippen molar-refractivity contribution in [1.82, 2.24) is 0 Å². The van der Waals surface area contributed by atoms with E-state index in [0.717, 1.165) is 12.8 Å². The molecule has 0 aliphatic carbocycles. The molecule has 0 spiro atoms. The highest BCUT2D eigenvalue weighted by molar-refractivity contribution is 6.62. The Bertz CT molecular complexity index is 213. The molecule has 0 heterocycles. The van der Waals surface area contributed by atoms with Gasteiger partial charge in [0.2, 0.25) is 0 Å². The molecular formula is C16H37NO3Si. The van der Waals surface area contributed by atoms with E-state index in [9.17, 15) is 0 Å². The second-order valence-corrected chi connectivity index (χ2v) is 8.23. The van der Waals surface area contributed by atoms with Gasteiger partial charge in [-0.25, -0.2) is 0 Å². The van der Waals surface area contributed by atoms with Crippen LogP contribution in [-0.4, -0.2) is 34.3 Å². The molecule has 0 radical (unpaired) electrons. The minimum atomic E-state index is -2.70. The lowest BCUT2D eigenvalue weighted by molar-refractivity contribution is 0.0610. The van der Waals surface area contributed by atoms with Gasteiger partial charge in [0.15, 0.2) is 0 Å². The van der Waals surface area contributed by atoms with Gasteiger partial charge in [0.1, 0.15) is 0 Å². The molecule has 0 amide bonds. The molecule has 21 heavy (non-hydrogen) atoms. The van der Waals surface area contributed by atoms with Crippen molar-refractivity contribution < 1.29 is 13.3 Å². The predicted octanol–water partition coefficient (Wildman–Crippen LogP) is 4.04. The lowest BCUT2D eigenvalue weighted by Crippen LogP contribution is -2.60. The Hall–Kier alpha value is 0.0569. The van der Waals surface area contributed by atoms with Crippen molar-refractivity contribution in [2.75, 3.05) is 19.8 Å². The Kier molecular flexibility index (Phi) is 13.7. The van der Waals surface area contributed by atoms with Crippen LogP contribution in [0.5, 0.6) is 0 Å². The third kappa shape index (κ3) is 8.93. The summed E-state index contributed by atoms with van der Waals surface area (Å²) in [5, 5.41) is 0. The predicted molar refractivity (Wildman–Crippen MR) is 91.2 cm³/mol. The summed E-state index contributed by atoms with van der Waals surface area (Å²) in [5.41, 5.74) is 6.26. The van der Waals surface area contributed by atoms with Crippen molar-refractivity contribution in [3.8, 4) is 0 Å². The van der Waals surface area contributed by atoms with E-state index in [0.29, 0.717) is 19.8 Å². The highest BCUT2D eigenvalue weighted by atomic mass is 28.4. The third-order valence-electron chi connectivity index (χ3n) is 3.61. The molecule has 128 valence electrons. The summed E-state index contributed by atoms with van der Waals surface area (Å²) in [5.74, 6) is 0. The first-order valence-corrected chi connectivity index (χ1v) is 10.6. The van der Waals surface area contributed by atoms with E-state index < -0.39 is 8.80 Å². The molecule has 0 aliphatic rings. The number of hydrogen-bond donors (Lipinski definition) is 1. The lowest BCUT2D eigenvalue weighted by atomic mass is 10.1. The highest BCUT2D eigenvalue weighted by Crippen LogP contribution is 2.19. The number of hydrogen-bond acceptors (Lipinski definition) is 4. The molecule has 2 N–H and O–H groups in total. The zero-order valence-electron chi connectivity index (χ0n) is 14.7. The van der Waals surface area contributed by atoms with Crippen LogP contribution in [0.4, 0.5) is 0 Å². The summed E-state index contributed by atoms with van der Waals surface area (Å²) in [6.45, 7) is 9.95. The van der Waals surface area contributed by atoms with Crippen molar-refractivity contribution in [2.45, 2.75) is 84.7 Å². The van der Waals surface area contributed by atoms with Crippen LogP contribution in [0.1, 0.15) is 79.1 Å². The smallest absolute Gasteiger partial charge is 0.373 e. The van der Waals surface area contributed by atoms with Gasteiger partial charge < -0.3 is 19.0 Å². The molecule has 0 aromatic heterocycles. The van der Waals surface area contributed by atoms with Gasteiger partial charge in [0, 0.05) is 19.8 Å². The zero-order chi connectivity index (χ0) is 16.0. The van der Waals surface area contributed by atoms with E-state index in [2.05, 4.69) is 6.92 Å². The summed E-state index contributed by atoms with van der Waals surface area (Å²) in [7, 11) is -2.70. The van der Waals surface area contributed by atoms with E-state index in [1.54, 1.807) is 0 Å². The molecule has 0 fully saturated rings. The quantitative estimate of drug-likeness (QED) is 0.365. The fraction of sp³-hybridized carbons (Fsp3) is 1.00. The Morgan fingerprint density at radius 2 is 1.14 bits per heavy atom. The van der Waals surface area contributed by atoms with Gasteiger partial charge in [-0.05, 0) is 27.2 Å². The highest BCUT2D eigenvalue weighted by Gasteiger charge is 2.46. The molecule has 4 nitrogen and oxygen atoms in total. The summed E-state index contributed by atoms with van der Waals surface area (Å²) in [4.78, 5) is 0. The van der Waals surface area contributed by atoms with Gasteiger partial charge in [-0.15, -0.1) is 0 Å². The largest absolute Gasteiger partial charge is 0.518 e. The van der Waals surface area contributed by atoms with Crippen molar-refractivity contribution in [3.63, 3.8) is 0 Å². The van der Waals surface area contributed by atoms with Crippen LogP contribution in [0.2, 0.25) is 0 Å². The molecule has 5 heteroatoms. The molecule has 0 saturated carbocycles. The topological polar surface area (TPSA) is 53.7 Å². The van der Waals surface area contributed by atoms with E-state index in [4.69, 9.17) is 19.0 Å². The van der Waals surface area contributed by atoms with Gasteiger partial charge in [-0.1, -0.05) is 51.9 Å². The molecule has 0 aliphatic heterocycles. The number of rotatable bonds is 15. The van der Waals surface area contributed by atoms with Crippen LogP contribution in [0.3, 0.4) is 0 Å². The molecule has 0 aromatic carbocycles. The van der Waals surface area contributed by atoms with Crippen LogP contribution < -0.4 is 5.73 Å². The summed E-state index contributed by atoms with van der Waals surface area (Å²) < 4.78 is 17.6. The second-order valence-electron chi connectivity index (χ2n) is 5.42. The fourth-order valence-electron chi connectivity index (χ4n) is 2.55. The zero-order valence-corrected chi connectivity index (χ0v) is 15.7. The van der Waals surface area contributed by atoms with Gasteiger partial charge >= 0.3 is 8.80 Å². The Balaban J connectivity index is 4.11. The minimum absolute atomic E-state index is 0.104. The SMILES string of the molecule is CCCCCCCCCC(N)[Si](OCC)(OCC)OCC. The minimum Gasteiger partial charge on any atom is -0.373 e. The van der Waals surface area contributed by atoms with Crippen LogP contribution in [0.25, 0.3) is 0 Å². The lowest BCUT2D eigenvalue weighted by Gasteiger charge is -2.33. The van der Waals surface area contributed by atoms with E-state index in [-0.39, 0.29) is 5.67 Å². The third-order valence-corrected chi connectivity index (χ3v) is 6.88. The summed E-state index contributed by atoms with van der Waals surface area (Å²) in [6.07, 6.45) is 9.97. The molecular weight excluding hydrogens is 282 g/mol. The van der Waals surface area contributed by atoms with Crippen molar-refractivity contribution in [2.24, 2.45) is 5.73 Å². The van der Waals surface area contributed by atoms with Crippen LogP contribution in [-0.2, 0) is 13.3 Å². The monoisotopic (exact) mass is 319 g/mol. The molecule has 1 unspecified atom stereocenters. The Morgan fingerprint density at radius 3 is 1.57 bits per heavy atom. The molecule has 0 rings (SSSR count). The first kappa shape index (κ1) is 21.1. The molecule has 0 aromatic rings. The van der Waals surface area contributed by atoms with Crippen LogP contribution >= 0.6 is 0 Å². The average molecular weight is 320 g/mol. The molecule has 0 bridgehead atoms. The van der Waals surface area contributed by atoms with Crippen molar-refractivity contribution >= 4 is 8.80 Å². The van der Waals surface area contributed by atoms with Gasteiger partial charge in [-0.3, -0.25) is 0 Å². The van der Waals surface area contributed by atoms with E-state index in [1.165, 1.54) is 38.5 Å². The van der Waals surface area contributed by atoms with Crippen molar-refractivity contribution in [1.29, 1.82) is 0 Å². The maximum absolute atomic E-state index is 6.36. The fourth-order valence-corrected chi connectivity index (χ4v) is 5.20. The number of nitrogens with two attached hydrogens (primary N) is 1. The van der Waals surface area contributed by atoms with E-state index >= 15 is 0 Å². The normalized spacial score (nSPS) is 13.6. The molecule has 1 atom stereocenters.